The van der Waals surface area contributed by atoms with Crippen LogP contribution >= 0.6 is 0 Å². The molecular weight excluding hydrogens is 280 g/mol. The molecule has 22 heavy (non-hydrogen) atoms. The second kappa shape index (κ2) is 7.20. The van der Waals surface area contributed by atoms with E-state index in [4.69, 9.17) is 0 Å². The van der Waals surface area contributed by atoms with Gasteiger partial charge in [-0.2, -0.15) is 0 Å². The SMILES string of the molecule is CC(C)CCN(C(=O)/C=C/c1ccccc1[N+](=O)[O-])C1CC1. The number of para-hydroxylation sites is 1. The molecule has 5 nitrogen and oxygen atoms in total. The maximum absolute atomic E-state index is 12.4. The Bertz CT molecular complexity index is 577. The summed E-state index contributed by atoms with van der Waals surface area (Å²) in [5, 5.41) is 11.0. The highest BCUT2D eigenvalue weighted by atomic mass is 16.6. The molecule has 1 aromatic carbocycles. The van der Waals surface area contributed by atoms with Gasteiger partial charge in [-0.15, -0.1) is 0 Å². The van der Waals surface area contributed by atoms with Crippen molar-refractivity contribution in [2.75, 3.05) is 6.54 Å². The minimum atomic E-state index is -0.429. The fourth-order valence-corrected chi connectivity index (χ4v) is 2.31. The Labute approximate surface area is 130 Å². The molecule has 1 saturated carbocycles. The number of nitro benzene ring substituents is 1. The van der Waals surface area contributed by atoms with Crippen molar-refractivity contribution in [1.29, 1.82) is 0 Å². The molecule has 0 bridgehead atoms. The first-order valence-corrected chi connectivity index (χ1v) is 7.71. The summed E-state index contributed by atoms with van der Waals surface area (Å²) in [5.41, 5.74) is 0.479. The summed E-state index contributed by atoms with van der Waals surface area (Å²) in [4.78, 5) is 24.8. The standard InChI is InChI=1S/C17H22N2O3/c1-13(2)11-12-18(15-8-9-15)17(20)10-7-14-5-3-4-6-16(14)19(21)22/h3-7,10,13,15H,8-9,11-12H2,1-2H3/b10-7+. The minimum absolute atomic E-state index is 0.0201. The molecule has 0 aliphatic heterocycles. The van der Waals surface area contributed by atoms with E-state index in [-0.39, 0.29) is 11.6 Å². The number of amides is 1. The normalized spacial score (nSPS) is 14.5. The topological polar surface area (TPSA) is 63.5 Å². The summed E-state index contributed by atoms with van der Waals surface area (Å²) in [7, 11) is 0. The Morgan fingerprint density at radius 2 is 2.09 bits per heavy atom. The summed E-state index contributed by atoms with van der Waals surface area (Å²) in [6, 6.07) is 6.80. The number of hydrogen-bond acceptors (Lipinski definition) is 3. The van der Waals surface area contributed by atoms with Crippen molar-refractivity contribution in [3.8, 4) is 0 Å². The maximum Gasteiger partial charge on any atom is 0.276 e. The Balaban J connectivity index is 2.07. The average Bonchev–Trinajstić information content (AvgIpc) is 3.30. The largest absolute Gasteiger partial charge is 0.336 e. The third-order valence-corrected chi connectivity index (χ3v) is 3.76. The van der Waals surface area contributed by atoms with Gasteiger partial charge >= 0.3 is 0 Å². The van der Waals surface area contributed by atoms with Crippen LogP contribution < -0.4 is 0 Å². The lowest BCUT2D eigenvalue weighted by atomic mass is 10.1. The van der Waals surface area contributed by atoms with E-state index in [1.807, 2.05) is 4.90 Å². The van der Waals surface area contributed by atoms with Gasteiger partial charge in [0.2, 0.25) is 5.91 Å². The van der Waals surface area contributed by atoms with Crippen molar-refractivity contribution in [1.82, 2.24) is 4.90 Å². The summed E-state index contributed by atoms with van der Waals surface area (Å²) < 4.78 is 0. The predicted molar refractivity (Wildman–Crippen MR) is 86.3 cm³/mol. The lowest BCUT2D eigenvalue weighted by Crippen LogP contribution is -2.33. The molecule has 1 amide bonds. The molecule has 2 rings (SSSR count). The fourth-order valence-electron chi connectivity index (χ4n) is 2.31. The van der Waals surface area contributed by atoms with Crippen molar-refractivity contribution in [3.05, 3.63) is 46.0 Å². The van der Waals surface area contributed by atoms with E-state index < -0.39 is 4.92 Å². The van der Waals surface area contributed by atoms with Crippen LogP contribution in [-0.4, -0.2) is 28.3 Å². The van der Waals surface area contributed by atoms with Crippen LogP contribution in [0.2, 0.25) is 0 Å². The van der Waals surface area contributed by atoms with Gasteiger partial charge in [-0.25, -0.2) is 0 Å². The maximum atomic E-state index is 12.4. The van der Waals surface area contributed by atoms with E-state index in [1.54, 1.807) is 24.3 Å². The molecule has 0 radical (unpaired) electrons. The first kappa shape index (κ1) is 16.2. The molecule has 118 valence electrons. The Kier molecular flexibility index (Phi) is 5.31. The van der Waals surface area contributed by atoms with Crippen LogP contribution in [0.15, 0.2) is 30.3 Å². The summed E-state index contributed by atoms with van der Waals surface area (Å²) in [6.45, 7) is 5.03. The van der Waals surface area contributed by atoms with E-state index in [1.165, 1.54) is 12.1 Å². The first-order valence-electron chi connectivity index (χ1n) is 7.71. The molecule has 0 aromatic heterocycles. The van der Waals surface area contributed by atoms with E-state index in [9.17, 15) is 14.9 Å². The van der Waals surface area contributed by atoms with Crippen LogP contribution in [0.5, 0.6) is 0 Å². The zero-order valence-electron chi connectivity index (χ0n) is 13.1. The second-order valence-corrected chi connectivity index (χ2v) is 6.09. The number of nitrogens with zero attached hydrogens (tertiary/aromatic N) is 2. The zero-order chi connectivity index (χ0) is 16.1. The van der Waals surface area contributed by atoms with Crippen LogP contribution in [0.4, 0.5) is 5.69 Å². The van der Waals surface area contributed by atoms with Gasteiger partial charge in [-0.3, -0.25) is 14.9 Å². The highest BCUT2D eigenvalue weighted by Gasteiger charge is 2.31. The third-order valence-electron chi connectivity index (χ3n) is 3.76. The molecule has 1 aliphatic carbocycles. The predicted octanol–water partition coefficient (Wildman–Crippen LogP) is 3.65. The fraction of sp³-hybridized carbons (Fsp3) is 0.471. The summed E-state index contributed by atoms with van der Waals surface area (Å²) in [5.74, 6) is 0.495. The molecular formula is C17H22N2O3. The Hall–Kier alpha value is -2.17. The van der Waals surface area contributed by atoms with Crippen molar-refractivity contribution in [2.45, 2.75) is 39.2 Å². The van der Waals surface area contributed by atoms with Gasteiger partial charge in [-0.1, -0.05) is 26.0 Å². The number of hydrogen-bond donors (Lipinski definition) is 0. The molecule has 1 aromatic rings. The molecule has 1 fully saturated rings. The summed E-state index contributed by atoms with van der Waals surface area (Å²) in [6.07, 6.45) is 6.10. The molecule has 0 spiro atoms. The van der Waals surface area contributed by atoms with Gasteiger partial charge in [0, 0.05) is 24.7 Å². The van der Waals surface area contributed by atoms with Crippen LogP contribution in [0.1, 0.15) is 38.7 Å². The van der Waals surface area contributed by atoms with Crippen molar-refractivity contribution < 1.29 is 9.72 Å². The molecule has 0 heterocycles. The van der Waals surface area contributed by atoms with Gasteiger partial charge in [-0.05, 0) is 37.3 Å². The summed E-state index contributed by atoms with van der Waals surface area (Å²) >= 11 is 0. The molecule has 0 atom stereocenters. The lowest BCUT2D eigenvalue weighted by Gasteiger charge is -2.21. The minimum Gasteiger partial charge on any atom is -0.336 e. The van der Waals surface area contributed by atoms with Crippen LogP contribution in [0.3, 0.4) is 0 Å². The first-order chi connectivity index (χ1) is 10.5. The number of carbonyl (C=O) groups excluding carboxylic acids is 1. The van der Waals surface area contributed by atoms with Crippen LogP contribution in [0.25, 0.3) is 6.08 Å². The molecule has 0 saturated heterocycles. The Morgan fingerprint density at radius 3 is 2.68 bits per heavy atom. The number of benzene rings is 1. The van der Waals surface area contributed by atoms with E-state index in [0.29, 0.717) is 17.5 Å². The Morgan fingerprint density at radius 1 is 1.41 bits per heavy atom. The van der Waals surface area contributed by atoms with Crippen molar-refractivity contribution in [2.24, 2.45) is 5.92 Å². The van der Waals surface area contributed by atoms with Gasteiger partial charge in [0.15, 0.2) is 0 Å². The number of nitro groups is 1. The van der Waals surface area contributed by atoms with E-state index >= 15 is 0 Å². The third kappa shape index (κ3) is 4.41. The zero-order valence-corrected chi connectivity index (χ0v) is 13.1. The molecule has 0 N–H and O–H groups in total. The van der Waals surface area contributed by atoms with Crippen LogP contribution in [0, 0.1) is 16.0 Å². The molecule has 0 unspecified atom stereocenters. The quantitative estimate of drug-likeness (QED) is 0.439. The van der Waals surface area contributed by atoms with Gasteiger partial charge in [0.05, 0.1) is 10.5 Å². The van der Waals surface area contributed by atoms with E-state index in [2.05, 4.69) is 13.8 Å². The van der Waals surface area contributed by atoms with Crippen LogP contribution in [-0.2, 0) is 4.79 Å². The number of carbonyl (C=O) groups is 1. The highest BCUT2D eigenvalue weighted by molar-refractivity contribution is 5.92. The van der Waals surface area contributed by atoms with E-state index in [0.717, 1.165) is 25.8 Å². The molecule has 1 aliphatic rings. The molecule has 5 heteroatoms. The smallest absolute Gasteiger partial charge is 0.276 e. The van der Waals surface area contributed by atoms with Crippen molar-refractivity contribution in [3.63, 3.8) is 0 Å². The second-order valence-electron chi connectivity index (χ2n) is 6.09. The van der Waals surface area contributed by atoms with Gasteiger partial charge in [0.1, 0.15) is 0 Å². The van der Waals surface area contributed by atoms with Gasteiger partial charge < -0.3 is 4.90 Å². The van der Waals surface area contributed by atoms with Crippen molar-refractivity contribution >= 4 is 17.7 Å². The highest BCUT2D eigenvalue weighted by Crippen LogP contribution is 2.28. The van der Waals surface area contributed by atoms with Gasteiger partial charge in [0.25, 0.3) is 5.69 Å². The average molecular weight is 302 g/mol. The monoisotopic (exact) mass is 302 g/mol. The lowest BCUT2D eigenvalue weighted by molar-refractivity contribution is -0.385. The number of rotatable bonds is 7.